The van der Waals surface area contributed by atoms with Gasteiger partial charge in [-0.05, 0) is 30.7 Å². The standard InChI is InChI=1S/C15H15N3O3/c1-10(11-5-7-13(16)8-6-11)17-15(19)12-3-2-4-14(9-12)18(20)21/h2-10H,16H2,1H3,(H,17,19). The van der Waals surface area contributed by atoms with Crippen LogP contribution in [0.25, 0.3) is 0 Å². The Morgan fingerprint density at radius 2 is 1.90 bits per heavy atom. The molecule has 2 aromatic carbocycles. The van der Waals surface area contributed by atoms with Crippen LogP contribution in [0.15, 0.2) is 48.5 Å². The number of rotatable bonds is 4. The summed E-state index contributed by atoms with van der Waals surface area (Å²) in [5, 5.41) is 13.5. The molecule has 0 radical (unpaired) electrons. The lowest BCUT2D eigenvalue weighted by Gasteiger charge is -2.14. The molecule has 108 valence electrons. The molecule has 0 aromatic heterocycles. The zero-order valence-electron chi connectivity index (χ0n) is 11.4. The third kappa shape index (κ3) is 3.56. The van der Waals surface area contributed by atoms with Crippen molar-refractivity contribution in [1.82, 2.24) is 5.32 Å². The first kappa shape index (κ1) is 14.5. The number of nitrogen functional groups attached to an aromatic ring is 1. The van der Waals surface area contributed by atoms with Gasteiger partial charge in [0.15, 0.2) is 0 Å². The van der Waals surface area contributed by atoms with E-state index in [1.807, 2.05) is 19.1 Å². The number of nitrogens with zero attached hydrogens (tertiary/aromatic N) is 1. The van der Waals surface area contributed by atoms with Crippen LogP contribution in [0, 0.1) is 10.1 Å². The van der Waals surface area contributed by atoms with Gasteiger partial charge in [0.25, 0.3) is 11.6 Å². The van der Waals surface area contributed by atoms with E-state index in [2.05, 4.69) is 5.32 Å². The minimum atomic E-state index is -0.528. The highest BCUT2D eigenvalue weighted by atomic mass is 16.6. The van der Waals surface area contributed by atoms with Gasteiger partial charge in [-0.25, -0.2) is 0 Å². The minimum Gasteiger partial charge on any atom is -0.399 e. The monoisotopic (exact) mass is 285 g/mol. The van der Waals surface area contributed by atoms with E-state index in [1.165, 1.54) is 24.3 Å². The molecule has 0 spiro atoms. The van der Waals surface area contributed by atoms with E-state index in [0.29, 0.717) is 5.69 Å². The lowest BCUT2D eigenvalue weighted by Crippen LogP contribution is -2.26. The zero-order valence-corrected chi connectivity index (χ0v) is 11.4. The largest absolute Gasteiger partial charge is 0.399 e. The van der Waals surface area contributed by atoms with Crippen LogP contribution in [-0.4, -0.2) is 10.8 Å². The highest BCUT2D eigenvalue weighted by molar-refractivity contribution is 5.95. The Morgan fingerprint density at radius 3 is 2.52 bits per heavy atom. The van der Waals surface area contributed by atoms with Crippen LogP contribution in [0.5, 0.6) is 0 Å². The molecule has 2 aromatic rings. The summed E-state index contributed by atoms with van der Waals surface area (Å²) in [6.07, 6.45) is 0. The Bertz CT molecular complexity index is 668. The molecule has 0 bridgehead atoms. The van der Waals surface area contributed by atoms with Gasteiger partial charge in [-0.15, -0.1) is 0 Å². The van der Waals surface area contributed by atoms with Crippen LogP contribution in [0.4, 0.5) is 11.4 Å². The van der Waals surface area contributed by atoms with Gasteiger partial charge in [0, 0.05) is 23.4 Å². The van der Waals surface area contributed by atoms with Crippen LogP contribution in [0.1, 0.15) is 28.9 Å². The zero-order chi connectivity index (χ0) is 15.4. The fraction of sp³-hybridized carbons (Fsp3) is 0.133. The van der Waals surface area contributed by atoms with E-state index in [4.69, 9.17) is 5.73 Å². The Kier molecular flexibility index (Phi) is 4.18. The summed E-state index contributed by atoms with van der Waals surface area (Å²) in [5.41, 5.74) is 7.31. The number of nitro benzene ring substituents is 1. The molecule has 1 amide bonds. The summed E-state index contributed by atoms with van der Waals surface area (Å²) in [7, 11) is 0. The van der Waals surface area contributed by atoms with E-state index in [9.17, 15) is 14.9 Å². The number of non-ortho nitro benzene ring substituents is 1. The van der Waals surface area contributed by atoms with Crippen molar-refractivity contribution in [1.29, 1.82) is 0 Å². The van der Waals surface area contributed by atoms with Crippen LogP contribution >= 0.6 is 0 Å². The number of amides is 1. The summed E-state index contributed by atoms with van der Waals surface area (Å²) < 4.78 is 0. The van der Waals surface area contributed by atoms with Crippen molar-refractivity contribution >= 4 is 17.3 Å². The van der Waals surface area contributed by atoms with Crippen LogP contribution in [0.2, 0.25) is 0 Å². The Morgan fingerprint density at radius 1 is 1.24 bits per heavy atom. The lowest BCUT2D eigenvalue weighted by atomic mass is 10.1. The molecule has 0 aliphatic rings. The smallest absolute Gasteiger partial charge is 0.270 e. The number of benzene rings is 2. The number of nitro groups is 1. The number of anilines is 1. The first-order valence-electron chi connectivity index (χ1n) is 6.38. The predicted octanol–water partition coefficient (Wildman–Crippen LogP) is 2.67. The fourth-order valence-electron chi connectivity index (χ4n) is 1.91. The number of carbonyl (C=O) groups excluding carboxylic acids is 1. The minimum absolute atomic E-state index is 0.109. The van der Waals surface area contributed by atoms with Crippen molar-refractivity contribution in [3.63, 3.8) is 0 Å². The Balaban J connectivity index is 2.12. The molecule has 3 N–H and O–H groups in total. The highest BCUT2D eigenvalue weighted by Crippen LogP contribution is 2.17. The van der Waals surface area contributed by atoms with Gasteiger partial charge in [0.1, 0.15) is 0 Å². The molecule has 1 unspecified atom stereocenters. The summed E-state index contributed by atoms with van der Waals surface area (Å²) >= 11 is 0. The second kappa shape index (κ2) is 6.04. The third-order valence-electron chi connectivity index (χ3n) is 3.10. The van der Waals surface area contributed by atoms with E-state index in [1.54, 1.807) is 12.1 Å². The topological polar surface area (TPSA) is 98.3 Å². The average Bonchev–Trinajstić information content (AvgIpc) is 2.48. The molecule has 0 saturated carbocycles. The first-order chi connectivity index (χ1) is 9.97. The molecule has 0 aliphatic heterocycles. The summed E-state index contributed by atoms with van der Waals surface area (Å²) in [6.45, 7) is 1.83. The molecular formula is C15H15N3O3. The molecule has 0 saturated heterocycles. The molecule has 1 atom stereocenters. The quantitative estimate of drug-likeness (QED) is 0.512. The second-order valence-electron chi connectivity index (χ2n) is 4.67. The fourth-order valence-corrected chi connectivity index (χ4v) is 1.91. The maximum Gasteiger partial charge on any atom is 0.270 e. The van der Waals surface area contributed by atoms with E-state index >= 15 is 0 Å². The summed E-state index contributed by atoms with van der Waals surface area (Å²) in [5.74, 6) is -0.358. The van der Waals surface area contributed by atoms with Crippen molar-refractivity contribution in [3.8, 4) is 0 Å². The van der Waals surface area contributed by atoms with E-state index in [0.717, 1.165) is 5.56 Å². The third-order valence-corrected chi connectivity index (χ3v) is 3.10. The van der Waals surface area contributed by atoms with E-state index < -0.39 is 4.92 Å². The molecular weight excluding hydrogens is 270 g/mol. The van der Waals surface area contributed by atoms with Crippen molar-refractivity contribution in [2.24, 2.45) is 0 Å². The van der Waals surface area contributed by atoms with Gasteiger partial charge < -0.3 is 11.1 Å². The number of nitrogens with one attached hydrogen (secondary N) is 1. The number of nitrogens with two attached hydrogens (primary N) is 1. The Hall–Kier alpha value is -2.89. The van der Waals surface area contributed by atoms with Crippen molar-refractivity contribution in [3.05, 3.63) is 69.8 Å². The molecule has 2 rings (SSSR count). The van der Waals surface area contributed by atoms with Crippen molar-refractivity contribution < 1.29 is 9.72 Å². The van der Waals surface area contributed by atoms with Gasteiger partial charge >= 0.3 is 0 Å². The van der Waals surface area contributed by atoms with Crippen LogP contribution in [0.3, 0.4) is 0 Å². The first-order valence-corrected chi connectivity index (χ1v) is 6.38. The Labute approximate surface area is 121 Å². The van der Waals surface area contributed by atoms with Gasteiger partial charge in [-0.3, -0.25) is 14.9 Å². The lowest BCUT2D eigenvalue weighted by molar-refractivity contribution is -0.384. The number of carbonyl (C=O) groups is 1. The average molecular weight is 285 g/mol. The van der Waals surface area contributed by atoms with E-state index in [-0.39, 0.29) is 23.2 Å². The van der Waals surface area contributed by atoms with Gasteiger partial charge in [0.05, 0.1) is 11.0 Å². The highest BCUT2D eigenvalue weighted by Gasteiger charge is 2.14. The predicted molar refractivity (Wildman–Crippen MR) is 79.8 cm³/mol. The van der Waals surface area contributed by atoms with Gasteiger partial charge in [0.2, 0.25) is 0 Å². The molecule has 0 fully saturated rings. The normalized spacial score (nSPS) is 11.7. The van der Waals surface area contributed by atoms with Crippen LogP contribution < -0.4 is 11.1 Å². The molecule has 0 heterocycles. The van der Waals surface area contributed by atoms with Gasteiger partial charge in [-0.1, -0.05) is 18.2 Å². The summed E-state index contributed by atoms with van der Waals surface area (Å²) in [6, 6.07) is 12.6. The number of hydrogen-bond acceptors (Lipinski definition) is 4. The maximum atomic E-state index is 12.1. The van der Waals surface area contributed by atoms with Crippen molar-refractivity contribution in [2.75, 3.05) is 5.73 Å². The SMILES string of the molecule is CC(NC(=O)c1cccc([N+](=O)[O-])c1)c1ccc(N)cc1. The van der Waals surface area contributed by atoms with Crippen LogP contribution in [-0.2, 0) is 0 Å². The molecule has 21 heavy (non-hydrogen) atoms. The molecule has 6 heteroatoms. The molecule has 6 nitrogen and oxygen atoms in total. The van der Waals surface area contributed by atoms with Gasteiger partial charge in [-0.2, -0.15) is 0 Å². The number of hydrogen-bond donors (Lipinski definition) is 2. The second-order valence-corrected chi connectivity index (χ2v) is 4.67. The molecule has 0 aliphatic carbocycles. The van der Waals surface area contributed by atoms with Crippen molar-refractivity contribution in [2.45, 2.75) is 13.0 Å². The maximum absolute atomic E-state index is 12.1. The summed E-state index contributed by atoms with van der Waals surface area (Å²) in [4.78, 5) is 22.3.